The molecule has 2 aromatic heterocycles. The fraction of sp³-hybridized carbons (Fsp3) is 0.467. The van der Waals surface area contributed by atoms with Crippen LogP contribution < -0.4 is 0 Å². The Morgan fingerprint density at radius 1 is 1.53 bits per heavy atom. The summed E-state index contributed by atoms with van der Waals surface area (Å²) in [6, 6.07) is 1.96. The summed E-state index contributed by atoms with van der Waals surface area (Å²) in [6.07, 6.45) is 8.66. The van der Waals surface area contributed by atoms with Gasteiger partial charge >= 0.3 is 0 Å². The van der Waals surface area contributed by atoms with Crippen molar-refractivity contribution in [2.45, 2.75) is 32.7 Å². The van der Waals surface area contributed by atoms with E-state index in [2.05, 4.69) is 16.9 Å². The first-order valence-electron chi connectivity index (χ1n) is 6.95. The van der Waals surface area contributed by atoms with Crippen LogP contribution in [0.15, 0.2) is 24.7 Å². The number of hydrogen-bond donors (Lipinski definition) is 1. The fourth-order valence-electron chi connectivity index (χ4n) is 2.96. The van der Waals surface area contributed by atoms with E-state index in [1.165, 1.54) is 0 Å². The first kappa shape index (κ1) is 12.2. The van der Waals surface area contributed by atoms with Crippen LogP contribution in [-0.2, 0) is 11.3 Å². The Bertz CT molecular complexity index is 590. The highest BCUT2D eigenvalue weighted by molar-refractivity contribution is 5.83. The number of carbonyl (C=O) groups excluding carboxylic acids is 1. The number of aromatic amines is 1. The third kappa shape index (κ3) is 2.35. The minimum Gasteiger partial charge on any atom is -0.361 e. The van der Waals surface area contributed by atoms with Crippen molar-refractivity contribution >= 4 is 16.8 Å². The molecule has 1 fully saturated rings. The number of pyridine rings is 1. The number of carbonyl (C=O) groups is 1. The average molecular weight is 257 g/mol. The second kappa shape index (κ2) is 5.03. The number of nitrogens with one attached hydrogen (secondary N) is 1. The lowest BCUT2D eigenvalue weighted by atomic mass is 10.0. The molecule has 1 saturated heterocycles. The largest absolute Gasteiger partial charge is 0.361 e. The predicted molar refractivity (Wildman–Crippen MR) is 74.5 cm³/mol. The highest BCUT2D eigenvalue weighted by Gasteiger charge is 2.29. The topological polar surface area (TPSA) is 49.0 Å². The van der Waals surface area contributed by atoms with Gasteiger partial charge < -0.3 is 9.88 Å². The van der Waals surface area contributed by atoms with Gasteiger partial charge in [-0.25, -0.2) is 0 Å². The second-order valence-electron chi connectivity index (χ2n) is 5.37. The summed E-state index contributed by atoms with van der Waals surface area (Å²) < 4.78 is 0. The summed E-state index contributed by atoms with van der Waals surface area (Å²) in [5.74, 6) is 0.831. The van der Waals surface area contributed by atoms with Crippen molar-refractivity contribution in [3.8, 4) is 0 Å². The normalized spacial score (nSPS) is 19.5. The maximum Gasteiger partial charge on any atom is 0.223 e. The van der Waals surface area contributed by atoms with Crippen LogP contribution >= 0.6 is 0 Å². The molecule has 19 heavy (non-hydrogen) atoms. The number of fused-ring (bicyclic) bond motifs is 1. The van der Waals surface area contributed by atoms with Crippen molar-refractivity contribution in [1.29, 1.82) is 0 Å². The van der Waals surface area contributed by atoms with Gasteiger partial charge in [0, 0.05) is 49.0 Å². The van der Waals surface area contributed by atoms with Gasteiger partial charge in [0.05, 0.1) is 0 Å². The minimum absolute atomic E-state index is 0.289. The summed E-state index contributed by atoms with van der Waals surface area (Å²) in [6.45, 7) is 3.78. The van der Waals surface area contributed by atoms with Crippen molar-refractivity contribution in [1.82, 2.24) is 14.9 Å². The predicted octanol–water partition coefficient (Wildman–Crippen LogP) is 2.71. The SMILES string of the molecule is CCCC1CC(=O)N(Cc2c[nH]c3ccncc23)C1. The Labute approximate surface area is 112 Å². The molecule has 3 rings (SSSR count). The van der Waals surface area contributed by atoms with Crippen molar-refractivity contribution in [3.63, 3.8) is 0 Å². The van der Waals surface area contributed by atoms with Crippen LogP contribution in [0.25, 0.3) is 10.9 Å². The fourth-order valence-corrected chi connectivity index (χ4v) is 2.96. The lowest BCUT2D eigenvalue weighted by molar-refractivity contribution is -0.128. The van der Waals surface area contributed by atoms with Crippen molar-refractivity contribution in [2.75, 3.05) is 6.54 Å². The van der Waals surface area contributed by atoms with Crippen LogP contribution in [0.1, 0.15) is 31.7 Å². The third-order valence-corrected chi connectivity index (χ3v) is 3.92. The minimum atomic E-state index is 0.289. The van der Waals surface area contributed by atoms with Crippen molar-refractivity contribution in [2.24, 2.45) is 5.92 Å². The average Bonchev–Trinajstić information content (AvgIpc) is 2.96. The van der Waals surface area contributed by atoms with Crippen molar-refractivity contribution < 1.29 is 4.79 Å². The molecule has 4 heteroatoms. The number of amides is 1. The Kier molecular flexibility index (Phi) is 3.23. The van der Waals surface area contributed by atoms with E-state index >= 15 is 0 Å². The number of likely N-dealkylation sites (tertiary alicyclic amines) is 1. The molecule has 1 aliphatic rings. The quantitative estimate of drug-likeness (QED) is 0.915. The maximum atomic E-state index is 12.0. The van der Waals surface area contributed by atoms with E-state index in [9.17, 15) is 4.79 Å². The monoisotopic (exact) mass is 257 g/mol. The highest BCUT2D eigenvalue weighted by atomic mass is 16.2. The van der Waals surface area contributed by atoms with Gasteiger partial charge in [0.2, 0.25) is 5.91 Å². The third-order valence-electron chi connectivity index (χ3n) is 3.92. The van der Waals surface area contributed by atoms with Gasteiger partial charge in [0.1, 0.15) is 0 Å². The number of hydrogen-bond acceptors (Lipinski definition) is 2. The summed E-state index contributed by atoms with van der Waals surface area (Å²) in [4.78, 5) is 21.4. The van der Waals surface area contributed by atoms with Crippen LogP contribution in [0.3, 0.4) is 0 Å². The molecule has 100 valence electrons. The molecule has 0 bridgehead atoms. The van der Waals surface area contributed by atoms with Crippen LogP contribution in [0.4, 0.5) is 0 Å². The van der Waals surface area contributed by atoms with Crippen molar-refractivity contribution in [3.05, 3.63) is 30.2 Å². The first-order valence-corrected chi connectivity index (χ1v) is 6.95. The molecule has 1 amide bonds. The molecule has 1 atom stereocenters. The van der Waals surface area contributed by atoms with Crippen LogP contribution in [0, 0.1) is 5.92 Å². The number of aromatic nitrogens is 2. The Balaban J connectivity index is 1.76. The summed E-state index contributed by atoms with van der Waals surface area (Å²) in [7, 11) is 0. The molecular weight excluding hydrogens is 238 g/mol. The molecular formula is C15H19N3O. The lowest BCUT2D eigenvalue weighted by Gasteiger charge is -2.16. The van der Waals surface area contributed by atoms with Crippen LogP contribution in [0.2, 0.25) is 0 Å². The molecule has 0 radical (unpaired) electrons. The first-order chi connectivity index (χ1) is 9.28. The summed E-state index contributed by atoms with van der Waals surface area (Å²) >= 11 is 0. The molecule has 0 spiro atoms. The van der Waals surface area contributed by atoms with Gasteiger partial charge in [-0.05, 0) is 24.0 Å². The van der Waals surface area contributed by atoms with E-state index in [1.807, 2.05) is 23.4 Å². The standard InChI is InChI=1S/C15H19N3O/c1-2-3-11-6-15(19)18(9-11)10-12-7-17-14-4-5-16-8-13(12)14/h4-5,7-8,11,17H,2-3,6,9-10H2,1H3. The number of H-pyrrole nitrogens is 1. The molecule has 0 aromatic carbocycles. The maximum absolute atomic E-state index is 12.0. The Morgan fingerprint density at radius 2 is 2.42 bits per heavy atom. The molecule has 4 nitrogen and oxygen atoms in total. The number of rotatable bonds is 4. The van der Waals surface area contributed by atoms with E-state index in [1.54, 1.807) is 6.20 Å². The van der Waals surface area contributed by atoms with E-state index < -0.39 is 0 Å². The Morgan fingerprint density at radius 3 is 3.26 bits per heavy atom. The van der Waals surface area contributed by atoms with E-state index in [0.29, 0.717) is 18.9 Å². The van der Waals surface area contributed by atoms with Crippen LogP contribution in [0.5, 0.6) is 0 Å². The van der Waals surface area contributed by atoms with Gasteiger partial charge in [-0.15, -0.1) is 0 Å². The van der Waals surface area contributed by atoms with E-state index in [0.717, 1.165) is 35.9 Å². The summed E-state index contributed by atoms with van der Waals surface area (Å²) in [5.41, 5.74) is 2.25. The molecule has 2 aromatic rings. The van der Waals surface area contributed by atoms with E-state index in [4.69, 9.17) is 0 Å². The number of nitrogens with zero attached hydrogens (tertiary/aromatic N) is 2. The van der Waals surface area contributed by atoms with Crippen LogP contribution in [-0.4, -0.2) is 27.3 Å². The smallest absolute Gasteiger partial charge is 0.223 e. The van der Waals surface area contributed by atoms with Gasteiger partial charge in [-0.1, -0.05) is 13.3 Å². The second-order valence-corrected chi connectivity index (χ2v) is 5.37. The molecule has 3 heterocycles. The molecule has 0 aliphatic carbocycles. The van der Waals surface area contributed by atoms with Gasteiger partial charge in [-0.2, -0.15) is 0 Å². The van der Waals surface area contributed by atoms with E-state index in [-0.39, 0.29) is 5.91 Å². The molecule has 1 N–H and O–H groups in total. The zero-order chi connectivity index (χ0) is 13.2. The molecule has 1 aliphatic heterocycles. The van der Waals surface area contributed by atoms with Gasteiger partial charge in [-0.3, -0.25) is 9.78 Å². The molecule has 1 unspecified atom stereocenters. The van der Waals surface area contributed by atoms with Gasteiger partial charge in [0.15, 0.2) is 0 Å². The lowest BCUT2D eigenvalue weighted by Crippen LogP contribution is -2.24. The zero-order valence-corrected chi connectivity index (χ0v) is 11.2. The highest BCUT2D eigenvalue weighted by Crippen LogP contribution is 2.26. The Hall–Kier alpha value is -1.84. The summed E-state index contributed by atoms with van der Waals surface area (Å²) in [5, 5.41) is 1.12. The zero-order valence-electron chi connectivity index (χ0n) is 11.2. The molecule has 0 saturated carbocycles. The van der Waals surface area contributed by atoms with Gasteiger partial charge in [0.25, 0.3) is 0 Å².